The van der Waals surface area contributed by atoms with Crippen LogP contribution in [0.4, 0.5) is 10.1 Å². The molecule has 2 atom stereocenters. The van der Waals surface area contributed by atoms with Gasteiger partial charge in [0.1, 0.15) is 5.82 Å². The highest BCUT2D eigenvalue weighted by molar-refractivity contribution is 5.93. The number of carbonyl (C=O) groups excluding carboxylic acids is 1. The topological polar surface area (TPSA) is 81.2 Å². The minimum Gasteiger partial charge on any atom is -0.392 e. The molecule has 1 saturated heterocycles. The largest absolute Gasteiger partial charge is 0.392 e. The molecule has 2 heterocycles. The first-order chi connectivity index (χ1) is 11.4. The molecule has 3 N–H and O–H groups in total. The molecule has 2 aromatic rings. The van der Waals surface area contributed by atoms with Crippen molar-refractivity contribution in [2.45, 2.75) is 32.4 Å². The van der Waals surface area contributed by atoms with Crippen LogP contribution in [-0.4, -0.2) is 45.3 Å². The summed E-state index contributed by atoms with van der Waals surface area (Å²) in [6.07, 6.45) is -0.0380. The van der Waals surface area contributed by atoms with Crippen LogP contribution in [0.1, 0.15) is 29.4 Å². The van der Waals surface area contributed by atoms with Gasteiger partial charge in [0.05, 0.1) is 29.7 Å². The van der Waals surface area contributed by atoms with Crippen LogP contribution in [0.15, 0.2) is 24.3 Å². The average Bonchev–Trinajstić information content (AvgIpc) is 3.04. The third-order valence-electron chi connectivity index (χ3n) is 4.35. The van der Waals surface area contributed by atoms with Gasteiger partial charge in [0.25, 0.3) is 0 Å². The van der Waals surface area contributed by atoms with Gasteiger partial charge in [-0.1, -0.05) is 12.1 Å². The molecule has 0 radical (unpaired) electrons. The number of aryl methyl sites for hydroxylation is 2. The van der Waals surface area contributed by atoms with E-state index in [1.54, 1.807) is 6.07 Å². The van der Waals surface area contributed by atoms with Crippen molar-refractivity contribution in [2.75, 3.05) is 18.4 Å². The van der Waals surface area contributed by atoms with Gasteiger partial charge < -0.3 is 10.4 Å². The fourth-order valence-electron chi connectivity index (χ4n) is 3.21. The summed E-state index contributed by atoms with van der Waals surface area (Å²) in [6, 6.07) is 6.13. The number of benzene rings is 1. The summed E-state index contributed by atoms with van der Waals surface area (Å²) in [5.74, 6) is -0.499. The minimum atomic E-state index is -0.525. The lowest BCUT2D eigenvalue weighted by Gasteiger charge is -2.24. The van der Waals surface area contributed by atoms with Crippen LogP contribution >= 0.6 is 0 Å². The first-order valence-electron chi connectivity index (χ1n) is 7.93. The number of nitrogens with zero attached hydrogens (tertiary/aromatic N) is 2. The summed E-state index contributed by atoms with van der Waals surface area (Å²) >= 11 is 0. The van der Waals surface area contributed by atoms with Crippen LogP contribution < -0.4 is 5.32 Å². The number of H-pyrrole nitrogens is 1. The molecule has 24 heavy (non-hydrogen) atoms. The molecule has 1 fully saturated rings. The molecule has 0 aliphatic carbocycles. The Morgan fingerprint density at radius 1 is 1.50 bits per heavy atom. The number of rotatable bonds is 4. The van der Waals surface area contributed by atoms with Crippen LogP contribution in [-0.2, 0) is 4.79 Å². The van der Waals surface area contributed by atoms with Crippen molar-refractivity contribution in [3.63, 3.8) is 0 Å². The number of carbonyl (C=O) groups is 1. The van der Waals surface area contributed by atoms with Gasteiger partial charge >= 0.3 is 0 Å². The summed E-state index contributed by atoms with van der Waals surface area (Å²) in [5.41, 5.74) is 2.98. The zero-order chi connectivity index (χ0) is 17.3. The van der Waals surface area contributed by atoms with E-state index >= 15 is 0 Å². The normalized spacial score (nSPS) is 21.2. The second-order valence-corrected chi connectivity index (χ2v) is 6.25. The van der Waals surface area contributed by atoms with Gasteiger partial charge in [-0.05, 0) is 38.0 Å². The quantitative estimate of drug-likeness (QED) is 0.799. The van der Waals surface area contributed by atoms with Crippen molar-refractivity contribution in [2.24, 2.45) is 0 Å². The number of aliphatic hydroxyl groups is 1. The molecule has 1 aliphatic rings. The SMILES string of the molecule is Cc1n[nH]c(C)c1NC(=O)CN1C[C@@H](O)C[C@H]1c1cccc(F)c1. The molecule has 1 aliphatic heterocycles. The average molecular weight is 332 g/mol. The predicted octanol–water partition coefficient (Wildman–Crippen LogP) is 1.91. The minimum absolute atomic E-state index is 0.127. The van der Waals surface area contributed by atoms with Crippen LogP contribution in [0.25, 0.3) is 0 Å². The lowest BCUT2D eigenvalue weighted by atomic mass is 10.0. The molecule has 6 nitrogen and oxygen atoms in total. The Hall–Kier alpha value is -2.25. The number of aromatic nitrogens is 2. The van der Waals surface area contributed by atoms with Crippen molar-refractivity contribution in [1.82, 2.24) is 15.1 Å². The number of hydrogen-bond donors (Lipinski definition) is 3. The first kappa shape index (κ1) is 16.6. The van der Waals surface area contributed by atoms with Crippen molar-refractivity contribution in [3.8, 4) is 0 Å². The molecule has 0 unspecified atom stereocenters. The number of nitrogens with one attached hydrogen (secondary N) is 2. The number of β-amino-alcohol motifs (C(OH)–C–C–N with tert-alkyl or cyclic N) is 1. The van der Waals surface area contributed by atoms with Crippen LogP contribution in [0, 0.1) is 19.7 Å². The second kappa shape index (κ2) is 6.70. The van der Waals surface area contributed by atoms with Crippen LogP contribution in [0.3, 0.4) is 0 Å². The standard InChI is InChI=1S/C17H21FN4O2/c1-10-17(11(2)21-20-10)19-16(24)9-22-8-14(23)7-15(22)12-4-3-5-13(18)6-12/h3-6,14-15,23H,7-9H2,1-2H3,(H,19,24)(H,20,21)/t14-,15-/m0/s1. The van der Waals surface area contributed by atoms with Crippen molar-refractivity contribution in [3.05, 3.63) is 47.0 Å². The van der Waals surface area contributed by atoms with Crippen molar-refractivity contribution < 1.29 is 14.3 Å². The maximum absolute atomic E-state index is 13.5. The van der Waals surface area contributed by atoms with Crippen LogP contribution in [0.2, 0.25) is 0 Å². The third kappa shape index (κ3) is 3.47. The summed E-state index contributed by atoms with van der Waals surface area (Å²) in [7, 11) is 0. The fraction of sp³-hybridized carbons (Fsp3) is 0.412. The van der Waals surface area contributed by atoms with E-state index in [0.717, 1.165) is 17.0 Å². The molecule has 1 aromatic carbocycles. The number of aliphatic hydroxyl groups excluding tert-OH is 1. The van der Waals surface area contributed by atoms with Gasteiger partial charge in [0.15, 0.2) is 0 Å². The molecular formula is C17H21FN4O2. The fourth-order valence-corrected chi connectivity index (χ4v) is 3.21. The Balaban J connectivity index is 1.71. The van der Waals surface area contributed by atoms with E-state index in [1.165, 1.54) is 12.1 Å². The summed E-state index contributed by atoms with van der Waals surface area (Å²) in [5, 5.41) is 19.7. The highest BCUT2D eigenvalue weighted by Crippen LogP contribution is 2.32. The van der Waals surface area contributed by atoms with E-state index in [4.69, 9.17) is 0 Å². The van der Waals surface area contributed by atoms with Gasteiger partial charge in [-0.3, -0.25) is 14.8 Å². The number of aromatic amines is 1. The molecule has 0 spiro atoms. The summed E-state index contributed by atoms with van der Waals surface area (Å²) in [4.78, 5) is 14.2. The molecule has 7 heteroatoms. The van der Waals surface area contributed by atoms with E-state index in [-0.39, 0.29) is 24.3 Å². The zero-order valence-electron chi connectivity index (χ0n) is 13.7. The molecule has 0 saturated carbocycles. The molecule has 0 bridgehead atoms. The maximum atomic E-state index is 13.5. The van der Waals surface area contributed by atoms with Crippen molar-refractivity contribution >= 4 is 11.6 Å². The summed E-state index contributed by atoms with van der Waals surface area (Å²) in [6.45, 7) is 4.17. The molecule has 128 valence electrons. The molecule has 1 aromatic heterocycles. The number of likely N-dealkylation sites (tertiary alicyclic amines) is 1. The lowest BCUT2D eigenvalue weighted by molar-refractivity contribution is -0.117. The van der Waals surface area contributed by atoms with Crippen LogP contribution in [0.5, 0.6) is 0 Å². The smallest absolute Gasteiger partial charge is 0.238 e. The first-order valence-corrected chi connectivity index (χ1v) is 7.93. The van der Waals surface area contributed by atoms with E-state index in [9.17, 15) is 14.3 Å². The predicted molar refractivity (Wildman–Crippen MR) is 88.0 cm³/mol. The monoisotopic (exact) mass is 332 g/mol. The summed E-state index contributed by atoms with van der Waals surface area (Å²) < 4.78 is 13.5. The molecular weight excluding hydrogens is 311 g/mol. The number of anilines is 1. The van der Waals surface area contributed by atoms with Gasteiger partial charge in [-0.15, -0.1) is 0 Å². The number of hydrogen-bond acceptors (Lipinski definition) is 4. The van der Waals surface area contributed by atoms with Crippen molar-refractivity contribution in [1.29, 1.82) is 0 Å². The highest BCUT2D eigenvalue weighted by Gasteiger charge is 2.33. The Kier molecular flexibility index (Phi) is 4.64. The van der Waals surface area contributed by atoms with Gasteiger partial charge in [-0.2, -0.15) is 5.10 Å². The van der Waals surface area contributed by atoms with Gasteiger partial charge in [0, 0.05) is 12.6 Å². The molecule has 3 rings (SSSR count). The Labute approximate surface area is 139 Å². The van der Waals surface area contributed by atoms with Gasteiger partial charge in [0.2, 0.25) is 5.91 Å². The van der Waals surface area contributed by atoms with E-state index in [1.807, 2.05) is 24.8 Å². The molecule has 1 amide bonds. The lowest BCUT2D eigenvalue weighted by Crippen LogP contribution is -2.34. The second-order valence-electron chi connectivity index (χ2n) is 6.25. The number of halogens is 1. The van der Waals surface area contributed by atoms with E-state index in [0.29, 0.717) is 18.7 Å². The highest BCUT2D eigenvalue weighted by atomic mass is 19.1. The zero-order valence-corrected chi connectivity index (χ0v) is 13.7. The van der Waals surface area contributed by atoms with Gasteiger partial charge in [-0.25, -0.2) is 4.39 Å². The Morgan fingerprint density at radius 3 is 2.96 bits per heavy atom. The number of amides is 1. The third-order valence-corrected chi connectivity index (χ3v) is 4.35. The maximum Gasteiger partial charge on any atom is 0.238 e. The Morgan fingerprint density at radius 2 is 2.29 bits per heavy atom. The van der Waals surface area contributed by atoms with E-state index < -0.39 is 6.10 Å². The Bertz CT molecular complexity index is 726. The van der Waals surface area contributed by atoms with E-state index in [2.05, 4.69) is 15.5 Å².